The molecule has 1 aromatic carbocycles. The van der Waals surface area contributed by atoms with Gasteiger partial charge in [0.2, 0.25) is 0 Å². The molecule has 5 nitrogen and oxygen atoms in total. The van der Waals surface area contributed by atoms with E-state index in [9.17, 15) is 8.42 Å². The number of benzene rings is 1. The van der Waals surface area contributed by atoms with E-state index in [1.54, 1.807) is 12.1 Å². The van der Waals surface area contributed by atoms with Crippen LogP contribution < -0.4 is 5.32 Å². The van der Waals surface area contributed by atoms with Crippen LogP contribution in [-0.4, -0.2) is 51.3 Å². The van der Waals surface area contributed by atoms with Gasteiger partial charge in [0.1, 0.15) is 0 Å². The van der Waals surface area contributed by atoms with Crippen molar-refractivity contribution in [1.82, 2.24) is 10.2 Å². The molecular formula is C20H29N3O2S. The van der Waals surface area contributed by atoms with E-state index in [1.165, 1.54) is 12.1 Å². The van der Waals surface area contributed by atoms with Gasteiger partial charge in [-0.2, -0.15) is 5.26 Å². The van der Waals surface area contributed by atoms with E-state index >= 15 is 0 Å². The van der Waals surface area contributed by atoms with Crippen molar-refractivity contribution in [2.24, 2.45) is 17.3 Å². The number of rotatable bonds is 5. The minimum Gasteiger partial charge on any atom is -0.313 e. The molecule has 2 heterocycles. The molecule has 2 aliphatic heterocycles. The van der Waals surface area contributed by atoms with E-state index in [0.29, 0.717) is 34.8 Å². The Morgan fingerprint density at radius 3 is 2.54 bits per heavy atom. The average Bonchev–Trinajstić information content (AvgIpc) is 3.14. The summed E-state index contributed by atoms with van der Waals surface area (Å²) in [5, 5.41) is 12.5. The van der Waals surface area contributed by atoms with Crippen LogP contribution in [0.1, 0.15) is 32.8 Å². The lowest BCUT2D eigenvalue weighted by Crippen LogP contribution is -2.42. The van der Waals surface area contributed by atoms with Crippen LogP contribution in [0.4, 0.5) is 0 Å². The van der Waals surface area contributed by atoms with Gasteiger partial charge in [0, 0.05) is 19.1 Å². The van der Waals surface area contributed by atoms with Gasteiger partial charge in [-0.05, 0) is 61.0 Å². The summed E-state index contributed by atoms with van der Waals surface area (Å²) in [6.07, 6.45) is 0.648. The summed E-state index contributed by atoms with van der Waals surface area (Å²) in [6, 6.07) is 8.75. The van der Waals surface area contributed by atoms with Crippen molar-refractivity contribution in [2.75, 3.05) is 31.9 Å². The summed E-state index contributed by atoms with van der Waals surface area (Å²) in [5.41, 5.74) is 0.739. The smallest absolute Gasteiger partial charge is 0.178 e. The lowest BCUT2D eigenvalue weighted by Gasteiger charge is -2.32. The molecule has 2 saturated heterocycles. The summed E-state index contributed by atoms with van der Waals surface area (Å²) in [7, 11) is -3.28. The molecular weight excluding hydrogens is 346 g/mol. The van der Waals surface area contributed by atoms with E-state index in [2.05, 4.69) is 31.0 Å². The third kappa shape index (κ3) is 4.11. The summed E-state index contributed by atoms with van der Waals surface area (Å²) in [5.74, 6) is 1.52. The maximum atomic E-state index is 12.5. The van der Waals surface area contributed by atoms with Crippen LogP contribution in [0.15, 0.2) is 29.2 Å². The molecule has 142 valence electrons. The Labute approximate surface area is 157 Å². The highest BCUT2D eigenvalue weighted by Crippen LogP contribution is 2.38. The summed E-state index contributed by atoms with van der Waals surface area (Å²) < 4.78 is 24.9. The van der Waals surface area contributed by atoms with Crippen molar-refractivity contribution < 1.29 is 8.42 Å². The minimum atomic E-state index is -3.28. The second-order valence-electron chi connectivity index (χ2n) is 8.74. The van der Waals surface area contributed by atoms with E-state index < -0.39 is 9.84 Å². The highest BCUT2D eigenvalue weighted by molar-refractivity contribution is 7.91. The standard InChI is InChI=1S/C20H29N3O2S/c1-20(2,3)19-18-14-23(13-16(18)12-22-19)9-4-10-26(24,25)17-7-5-15(11-21)6-8-17/h5-8,16,18-19,22H,4,9-10,12-14H2,1-3H3. The lowest BCUT2D eigenvalue weighted by molar-refractivity contribution is 0.218. The van der Waals surface area contributed by atoms with Crippen LogP contribution in [0.3, 0.4) is 0 Å². The second-order valence-corrected chi connectivity index (χ2v) is 10.9. The third-order valence-corrected chi connectivity index (χ3v) is 7.57. The topological polar surface area (TPSA) is 73.2 Å². The minimum absolute atomic E-state index is 0.158. The zero-order valence-corrected chi connectivity index (χ0v) is 16.7. The van der Waals surface area contributed by atoms with E-state index in [1.807, 2.05) is 6.07 Å². The summed E-state index contributed by atoms with van der Waals surface area (Å²) in [6.45, 7) is 10.9. The number of nitrogens with one attached hydrogen (secondary N) is 1. The Hall–Kier alpha value is -1.42. The fourth-order valence-electron chi connectivity index (χ4n) is 4.48. The molecule has 26 heavy (non-hydrogen) atoms. The van der Waals surface area contributed by atoms with E-state index in [-0.39, 0.29) is 11.2 Å². The zero-order valence-electron chi connectivity index (χ0n) is 15.9. The molecule has 0 amide bonds. The van der Waals surface area contributed by atoms with Gasteiger partial charge >= 0.3 is 0 Å². The summed E-state index contributed by atoms with van der Waals surface area (Å²) in [4.78, 5) is 2.75. The van der Waals surface area contributed by atoms with Gasteiger partial charge in [0.05, 0.1) is 22.3 Å². The van der Waals surface area contributed by atoms with Crippen molar-refractivity contribution >= 4 is 9.84 Å². The molecule has 1 aromatic rings. The van der Waals surface area contributed by atoms with Gasteiger partial charge in [-0.25, -0.2) is 8.42 Å². The zero-order chi connectivity index (χ0) is 18.9. The Morgan fingerprint density at radius 1 is 1.23 bits per heavy atom. The molecule has 6 heteroatoms. The fraction of sp³-hybridized carbons (Fsp3) is 0.650. The second kappa shape index (κ2) is 7.30. The van der Waals surface area contributed by atoms with Crippen molar-refractivity contribution in [1.29, 1.82) is 5.26 Å². The molecule has 0 radical (unpaired) electrons. The molecule has 0 saturated carbocycles. The molecule has 1 N–H and O–H groups in total. The van der Waals surface area contributed by atoms with Gasteiger partial charge in [-0.3, -0.25) is 0 Å². The highest BCUT2D eigenvalue weighted by atomic mass is 32.2. The predicted octanol–water partition coefficient (Wildman–Crippen LogP) is 2.29. The lowest BCUT2D eigenvalue weighted by atomic mass is 9.78. The van der Waals surface area contributed by atoms with Crippen LogP contribution in [0.25, 0.3) is 0 Å². The third-order valence-electron chi connectivity index (χ3n) is 5.76. The first-order valence-electron chi connectivity index (χ1n) is 9.39. The van der Waals surface area contributed by atoms with Crippen molar-refractivity contribution in [3.8, 4) is 6.07 Å². The van der Waals surface area contributed by atoms with Gasteiger partial charge in [0.25, 0.3) is 0 Å². The predicted molar refractivity (Wildman–Crippen MR) is 102 cm³/mol. The maximum absolute atomic E-state index is 12.5. The van der Waals surface area contributed by atoms with Gasteiger partial charge in [-0.15, -0.1) is 0 Å². The Kier molecular flexibility index (Phi) is 5.43. The quantitative estimate of drug-likeness (QED) is 0.855. The Bertz CT molecular complexity index is 775. The van der Waals surface area contributed by atoms with Gasteiger partial charge in [-0.1, -0.05) is 20.8 Å². The molecule has 3 rings (SSSR count). The Balaban J connectivity index is 1.52. The number of hydrogen-bond acceptors (Lipinski definition) is 5. The number of fused-ring (bicyclic) bond motifs is 1. The normalized spacial score (nSPS) is 26.6. The first-order chi connectivity index (χ1) is 12.2. The molecule has 0 aromatic heterocycles. The number of likely N-dealkylation sites (tertiary alicyclic amines) is 1. The molecule has 2 fully saturated rings. The first-order valence-corrected chi connectivity index (χ1v) is 11.0. The van der Waals surface area contributed by atoms with Crippen LogP contribution in [-0.2, 0) is 9.84 Å². The van der Waals surface area contributed by atoms with Crippen LogP contribution >= 0.6 is 0 Å². The van der Waals surface area contributed by atoms with Crippen molar-refractivity contribution in [3.05, 3.63) is 29.8 Å². The molecule has 0 bridgehead atoms. The number of nitrogens with zero attached hydrogens (tertiary/aromatic N) is 2. The number of sulfone groups is 1. The van der Waals surface area contributed by atoms with Crippen molar-refractivity contribution in [2.45, 2.75) is 38.1 Å². The van der Waals surface area contributed by atoms with Crippen LogP contribution in [0, 0.1) is 28.6 Å². The van der Waals surface area contributed by atoms with Gasteiger partial charge in [0.15, 0.2) is 9.84 Å². The molecule has 2 aliphatic rings. The fourth-order valence-corrected chi connectivity index (χ4v) is 5.77. The molecule has 3 unspecified atom stereocenters. The average molecular weight is 376 g/mol. The molecule has 0 spiro atoms. The van der Waals surface area contributed by atoms with Crippen LogP contribution in [0.2, 0.25) is 0 Å². The Morgan fingerprint density at radius 2 is 1.92 bits per heavy atom. The van der Waals surface area contributed by atoms with E-state index in [4.69, 9.17) is 5.26 Å². The monoisotopic (exact) mass is 375 g/mol. The van der Waals surface area contributed by atoms with Crippen LogP contribution in [0.5, 0.6) is 0 Å². The number of nitriles is 1. The summed E-state index contributed by atoms with van der Waals surface area (Å²) >= 11 is 0. The van der Waals surface area contributed by atoms with Crippen molar-refractivity contribution in [3.63, 3.8) is 0 Å². The van der Waals surface area contributed by atoms with E-state index in [0.717, 1.165) is 26.2 Å². The SMILES string of the molecule is CC(C)(C)C1NCC2CN(CCCS(=O)(=O)c3ccc(C#N)cc3)CC21. The molecule has 3 atom stereocenters. The highest BCUT2D eigenvalue weighted by Gasteiger charge is 2.46. The first kappa shape index (κ1) is 19.3. The largest absolute Gasteiger partial charge is 0.313 e. The molecule has 0 aliphatic carbocycles. The number of hydrogen-bond donors (Lipinski definition) is 1. The van der Waals surface area contributed by atoms with Gasteiger partial charge < -0.3 is 10.2 Å². The maximum Gasteiger partial charge on any atom is 0.178 e.